The Bertz CT molecular complexity index is 858. The van der Waals surface area contributed by atoms with E-state index in [1.165, 1.54) is 0 Å². The Labute approximate surface area is 212 Å². The van der Waals surface area contributed by atoms with Gasteiger partial charge in [0.25, 0.3) is 0 Å². The zero-order chi connectivity index (χ0) is 29.4. The summed E-state index contributed by atoms with van der Waals surface area (Å²) in [6.07, 6.45) is -11.0. The van der Waals surface area contributed by atoms with Gasteiger partial charge < -0.3 is 4.55 Å². The fourth-order valence-corrected chi connectivity index (χ4v) is 3.71. The third kappa shape index (κ3) is 7.25. The molecule has 0 fully saturated rings. The van der Waals surface area contributed by atoms with Crippen LogP contribution in [0.2, 0.25) is 0 Å². The van der Waals surface area contributed by atoms with E-state index in [1.807, 2.05) is 0 Å². The average Bonchev–Trinajstić information content (AvgIpc) is 2.64. The average molecular weight is 622 g/mol. The van der Waals surface area contributed by atoms with Crippen LogP contribution < -0.4 is 18.9 Å². The Balaban J connectivity index is 0. The summed E-state index contributed by atoms with van der Waals surface area (Å²) in [7, 11) is -4.69. The number of unbranched alkanes of at least 4 members (excludes halogenated alkanes) is 1. The standard InChI is InChI=1S/C14H13F17O3S2.Li/c15-7(16,3-5-35-4-1-2-6-36(32,33)34)8(17,18)9(19,20)10(21,22)11(23,24)12(25,26)13(27,28)14(29,30)31;/h1-6H2,(H,32,33,34);/q;+1/p-1. The molecule has 0 bridgehead atoms. The van der Waals surface area contributed by atoms with Crippen molar-refractivity contribution in [3.63, 3.8) is 0 Å². The molecule has 0 saturated carbocycles. The van der Waals surface area contributed by atoms with E-state index in [4.69, 9.17) is 0 Å². The van der Waals surface area contributed by atoms with Crippen LogP contribution in [-0.2, 0) is 10.1 Å². The molecule has 0 saturated heterocycles. The minimum atomic E-state index is -8.65. The molecule has 0 heterocycles. The zero-order valence-corrected chi connectivity index (χ0v) is 19.3. The van der Waals surface area contributed by atoms with Crippen LogP contribution in [0, 0.1) is 0 Å². The Morgan fingerprint density at radius 3 is 1.24 bits per heavy atom. The van der Waals surface area contributed by atoms with Crippen LogP contribution in [0.15, 0.2) is 0 Å². The molecule has 0 aliphatic heterocycles. The van der Waals surface area contributed by atoms with E-state index in [1.54, 1.807) is 0 Å². The van der Waals surface area contributed by atoms with Crippen LogP contribution in [-0.4, -0.2) is 77.9 Å². The Kier molecular flexibility index (Phi) is 12.2. The van der Waals surface area contributed by atoms with Gasteiger partial charge in [0.05, 0.1) is 10.1 Å². The van der Waals surface area contributed by atoms with Gasteiger partial charge in [-0.1, -0.05) is 0 Å². The third-order valence-corrected chi connectivity index (χ3v) is 6.14. The predicted molar refractivity (Wildman–Crippen MR) is 86.4 cm³/mol. The zero-order valence-electron chi connectivity index (χ0n) is 17.7. The summed E-state index contributed by atoms with van der Waals surface area (Å²) >= 11 is 0.146. The first kappa shape index (κ1) is 38.8. The van der Waals surface area contributed by atoms with E-state index in [0.29, 0.717) is 0 Å². The number of hydrogen-bond donors (Lipinski definition) is 0. The van der Waals surface area contributed by atoms with Crippen molar-refractivity contribution in [1.82, 2.24) is 0 Å². The SMILES string of the molecule is O=S(=O)([O-])CCCCSCCC(F)(F)C(F)(F)C(F)(F)C(F)(F)C(F)(F)C(F)(F)C(F)(F)C(F)(F)F.[Li+]. The van der Waals surface area contributed by atoms with Crippen LogP contribution in [0.5, 0.6) is 0 Å². The van der Waals surface area contributed by atoms with Crippen LogP contribution in [0.1, 0.15) is 19.3 Å². The second-order valence-corrected chi connectivity index (χ2v) is 9.73. The first-order chi connectivity index (χ1) is 15.5. The van der Waals surface area contributed by atoms with Crippen molar-refractivity contribution < 1.29 is 106 Å². The summed E-state index contributed by atoms with van der Waals surface area (Å²) in [5, 5.41) is 0. The minimum absolute atomic E-state index is 0. The number of alkyl halides is 17. The number of rotatable bonds is 14. The monoisotopic (exact) mass is 622 g/mol. The van der Waals surface area contributed by atoms with Gasteiger partial charge in [-0.2, -0.15) is 86.4 Å². The van der Waals surface area contributed by atoms with Crippen molar-refractivity contribution in [2.24, 2.45) is 0 Å². The molecule has 0 aromatic carbocycles. The molecule has 0 rings (SSSR count). The van der Waals surface area contributed by atoms with Gasteiger partial charge in [-0.3, -0.25) is 0 Å². The normalized spacial score (nSPS) is 15.5. The van der Waals surface area contributed by atoms with E-state index in [9.17, 15) is 87.6 Å². The molecular weight excluding hydrogens is 610 g/mol. The number of hydrogen-bond acceptors (Lipinski definition) is 4. The molecule has 0 radical (unpaired) electrons. The quantitative estimate of drug-likeness (QED) is 0.129. The molecule has 0 atom stereocenters. The smallest absolute Gasteiger partial charge is 0.748 e. The second kappa shape index (κ2) is 11.6. The predicted octanol–water partition coefficient (Wildman–Crippen LogP) is 3.45. The first-order valence-electron chi connectivity index (χ1n) is 8.68. The van der Waals surface area contributed by atoms with Gasteiger partial charge in [0.1, 0.15) is 0 Å². The fraction of sp³-hybridized carbons (Fsp3) is 1.00. The summed E-state index contributed by atoms with van der Waals surface area (Å²) in [5.74, 6) is -59.2. The molecule has 0 aromatic heterocycles. The van der Waals surface area contributed by atoms with Gasteiger partial charge in [-0.15, -0.1) is 0 Å². The molecular formula is C14H12F17LiO3S2. The van der Waals surface area contributed by atoms with Crippen molar-refractivity contribution in [1.29, 1.82) is 0 Å². The van der Waals surface area contributed by atoms with Gasteiger partial charge >= 0.3 is 66.5 Å². The third-order valence-electron chi connectivity index (χ3n) is 4.28. The molecule has 0 aromatic rings. The molecule has 0 amide bonds. The van der Waals surface area contributed by atoms with Crippen molar-refractivity contribution >= 4 is 21.9 Å². The van der Waals surface area contributed by atoms with Crippen molar-refractivity contribution in [3.05, 3.63) is 0 Å². The number of thioether (sulfide) groups is 1. The summed E-state index contributed by atoms with van der Waals surface area (Å²) in [4.78, 5) is 0. The molecule has 23 heteroatoms. The van der Waals surface area contributed by atoms with Crippen LogP contribution in [0.25, 0.3) is 0 Å². The summed E-state index contributed by atoms with van der Waals surface area (Å²) in [6, 6.07) is 0. The van der Waals surface area contributed by atoms with E-state index in [-0.39, 0.29) is 43.5 Å². The molecule has 37 heavy (non-hydrogen) atoms. The van der Waals surface area contributed by atoms with E-state index in [0.717, 1.165) is 0 Å². The van der Waals surface area contributed by atoms with E-state index in [2.05, 4.69) is 0 Å². The van der Waals surface area contributed by atoms with Crippen LogP contribution in [0.3, 0.4) is 0 Å². The molecule has 3 nitrogen and oxygen atoms in total. The van der Waals surface area contributed by atoms with Gasteiger partial charge in [0.15, 0.2) is 0 Å². The molecule has 0 aliphatic rings. The molecule has 218 valence electrons. The maximum Gasteiger partial charge on any atom is 1.00 e. The Morgan fingerprint density at radius 1 is 0.541 bits per heavy atom. The van der Waals surface area contributed by atoms with Gasteiger partial charge in [-0.25, -0.2) is 8.42 Å². The molecule has 0 aliphatic carbocycles. The molecule has 0 spiro atoms. The molecule has 0 N–H and O–H groups in total. The van der Waals surface area contributed by atoms with Crippen molar-refractivity contribution in [2.45, 2.75) is 66.9 Å². The first-order valence-corrected chi connectivity index (χ1v) is 11.4. The van der Waals surface area contributed by atoms with Gasteiger partial charge in [-0.05, 0) is 24.3 Å². The fourth-order valence-electron chi connectivity index (χ4n) is 2.14. The van der Waals surface area contributed by atoms with Gasteiger partial charge in [0, 0.05) is 12.2 Å². The summed E-state index contributed by atoms with van der Waals surface area (Å²) < 4.78 is 253. The van der Waals surface area contributed by atoms with E-state index < -0.39 is 81.4 Å². The van der Waals surface area contributed by atoms with Crippen molar-refractivity contribution in [2.75, 3.05) is 17.3 Å². The second-order valence-electron chi connectivity index (χ2n) is 6.98. The largest absolute Gasteiger partial charge is 1.00 e. The van der Waals surface area contributed by atoms with Crippen LogP contribution >= 0.6 is 11.8 Å². The Morgan fingerprint density at radius 2 is 0.892 bits per heavy atom. The number of halogens is 17. The summed E-state index contributed by atoms with van der Waals surface area (Å²) in [6.45, 7) is 0. The van der Waals surface area contributed by atoms with Crippen LogP contribution in [0.4, 0.5) is 74.6 Å². The summed E-state index contributed by atoms with van der Waals surface area (Å²) in [5.41, 5.74) is 0. The van der Waals surface area contributed by atoms with Crippen molar-refractivity contribution in [3.8, 4) is 0 Å². The Hall–Kier alpha value is -0.333. The molecule has 0 unspecified atom stereocenters. The maximum absolute atomic E-state index is 13.6. The van der Waals surface area contributed by atoms with E-state index >= 15 is 0 Å². The van der Waals surface area contributed by atoms with Gasteiger partial charge in [0.2, 0.25) is 0 Å². The minimum Gasteiger partial charge on any atom is -0.748 e. The topological polar surface area (TPSA) is 57.2 Å². The maximum atomic E-state index is 13.6.